The summed E-state index contributed by atoms with van der Waals surface area (Å²) in [5, 5.41) is 11.5. The Labute approximate surface area is 154 Å². The number of ether oxygens (including phenoxy) is 1. The van der Waals surface area contributed by atoms with Crippen molar-refractivity contribution in [2.24, 2.45) is 0 Å². The quantitative estimate of drug-likeness (QED) is 0.580. The molecule has 140 valence electrons. The fraction of sp³-hybridized carbons (Fsp3) is 0.667. The minimum atomic E-state index is 0.0000962. The van der Waals surface area contributed by atoms with Gasteiger partial charge < -0.3 is 15.2 Å². The predicted octanol–water partition coefficient (Wildman–Crippen LogP) is 1.68. The first kappa shape index (κ1) is 20.0. The van der Waals surface area contributed by atoms with Gasteiger partial charge in [0.25, 0.3) is 0 Å². The van der Waals surface area contributed by atoms with E-state index in [9.17, 15) is 4.79 Å². The first-order valence-electron chi connectivity index (χ1n) is 9.03. The maximum Gasteiger partial charge on any atom is 0.229 e. The zero-order valence-corrected chi connectivity index (χ0v) is 15.6. The summed E-state index contributed by atoms with van der Waals surface area (Å²) in [5.41, 5.74) is 1.24. The van der Waals surface area contributed by atoms with Crippen molar-refractivity contribution in [1.82, 2.24) is 15.2 Å². The van der Waals surface area contributed by atoms with Crippen molar-refractivity contribution in [3.8, 4) is 5.88 Å². The van der Waals surface area contributed by atoms with Gasteiger partial charge in [-0.15, -0.1) is 11.8 Å². The van der Waals surface area contributed by atoms with E-state index in [4.69, 9.17) is 9.84 Å². The Morgan fingerprint density at radius 2 is 2.20 bits per heavy atom. The number of hydrogen-bond donors (Lipinski definition) is 2. The zero-order valence-electron chi connectivity index (χ0n) is 14.8. The smallest absolute Gasteiger partial charge is 0.229 e. The van der Waals surface area contributed by atoms with Gasteiger partial charge >= 0.3 is 0 Å². The molecule has 0 saturated carbocycles. The van der Waals surface area contributed by atoms with Crippen LogP contribution in [0.15, 0.2) is 18.3 Å². The zero-order chi connectivity index (χ0) is 17.7. The van der Waals surface area contributed by atoms with Gasteiger partial charge in [-0.2, -0.15) is 0 Å². The fourth-order valence-electron chi connectivity index (χ4n) is 2.76. The normalized spacial score (nSPS) is 15.1. The summed E-state index contributed by atoms with van der Waals surface area (Å²) in [7, 11) is 0. The van der Waals surface area contributed by atoms with Crippen LogP contribution in [0.5, 0.6) is 5.88 Å². The van der Waals surface area contributed by atoms with Crippen LogP contribution in [0, 0.1) is 0 Å². The van der Waals surface area contributed by atoms with Gasteiger partial charge in [0.05, 0.1) is 19.0 Å². The fourth-order valence-corrected chi connectivity index (χ4v) is 3.32. The number of aromatic nitrogens is 1. The Kier molecular flexibility index (Phi) is 9.69. The first-order valence-corrected chi connectivity index (χ1v) is 10.2. The molecule has 0 aliphatic carbocycles. The third kappa shape index (κ3) is 8.56. The molecule has 1 aromatic heterocycles. The molecule has 1 aliphatic rings. The van der Waals surface area contributed by atoms with Gasteiger partial charge in [0, 0.05) is 31.1 Å². The summed E-state index contributed by atoms with van der Waals surface area (Å²) in [6, 6.07) is 4.06. The number of nitrogens with zero attached hydrogens (tertiary/aromatic N) is 2. The number of aliphatic hydroxyl groups excluding tert-OH is 1. The summed E-state index contributed by atoms with van der Waals surface area (Å²) in [6.45, 7) is 4.54. The largest absolute Gasteiger partial charge is 0.478 e. The molecule has 0 aromatic carbocycles. The van der Waals surface area contributed by atoms with Crippen LogP contribution >= 0.6 is 11.8 Å². The third-order valence-corrected chi connectivity index (χ3v) is 4.95. The van der Waals surface area contributed by atoms with Crippen LogP contribution in [0.3, 0.4) is 0 Å². The number of likely N-dealkylation sites (tertiary alicyclic amines) is 1. The lowest BCUT2D eigenvalue weighted by Crippen LogP contribution is -2.29. The Hall–Kier alpha value is -1.31. The van der Waals surface area contributed by atoms with E-state index in [2.05, 4.69) is 15.2 Å². The lowest BCUT2D eigenvalue weighted by Gasteiger charge is -2.26. The van der Waals surface area contributed by atoms with Crippen molar-refractivity contribution in [2.75, 3.05) is 44.4 Å². The molecular weight excluding hydrogens is 338 g/mol. The number of carbonyl (C=O) groups is 1. The van der Waals surface area contributed by atoms with Crippen molar-refractivity contribution >= 4 is 17.7 Å². The second kappa shape index (κ2) is 12.1. The highest BCUT2D eigenvalue weighted by atomic mass is 32.2. The monoisotopic (exact) mass is 367 g/mol. The molecule has 1 saturated heterocycles. The molecule has 0 unspecified atom stereocenters. The molecule has 0 radical (unpaired) electrons. The highest BCUT2D eigenvalue weighted by Gasteiger charge is 2.11. The van der Waals surface area contributed by atoms with Crippen LogP contribution in [0.25, 0.3) is 0 Å². The van der Waals surface area contributed by atoms with Gasteiger partial charge in [-0.3, -0.25) is 9.69 Å². The maximum absolute atomic E-state index is 11.5. The SMILES string of the molecule is O=C(CSCCO)NCCCOc1cc(CN2CCCCC2)ccn1. The molecule has 1 aliphatic heterocycles. The molecule has 1 aromatic rings. The number of amides is 1. The van der Waals surface area contributed by atoms with E-state index in [-0.39, 0.29) is 12.5 Å². The Morgan fingerprint density at radius 3 is 3.00 bits per heavy atom. The molecule has 0 spiro atoms. The van der Waals surface area contributed by atoms with Crippen LogP contribution in [-0.2, 0) is 11.3 Å². The lowest BCUT2D eigenvalue weighted by molar-refractivity contribution is -0.118. The molecule has 6 nitrogen and oxygen atoms in total. The van der Waals surface area contributed by atoms with Crippen LogP contribution in [0.2, 0.25) is 0 Å². The van der Waals surface area contributed by atoms with E-state index in [0.717, 1.165) is 13.0 Å². The summed E-state index contributed by atoms with van der Waals surface area (Å²) < 4.78 is 5.70. The van der Waals surface area contributed by atoms with E-state index in [1.54, 1.807) is 6.20 Å². The topological polar surface area (TPSA) is 74.7 Å². The number of carbonyl (C=O) groups excluding carboxylic acids is 1. The number of hydrogen-bond acceptors (Lipinski definition) is 6. The summed E-state index contributed by atoms with van der Waals surface area (Å²) in [5.74, 6) is 1.64. The first-order chi connectivity index (χ1) is 12.3. The van der Waals surface area contributed by atoms with Crippen LogP contribution in [-0.4, -0.2) is 65.3 Å². The predicted molar refractivity (Wildman–Crippen MR) is 101 cm³/mol. The van der Waals surface area contributed by atoms with Crippen molar-refractivity contribution in [1.29, 1.82) is 0 Å². The molecule has 2 N–H and O–H groups in total. The number of pyridine rings is 1. The summed E-state index contributed by atoms with van der Waals surface area (Å²) in [4.78, 5) is 18.3. The van der Waals surface area contributed by atoms with Crippen molar-refractivity contribution in [3.05, 3.63) is 23.9 Å². The van der Waals surface area contributed by atoms with Crippen molar-refractivity contribution in [2.45, 2.75) is 32.2 Å². The number of nitrogens with one attached hydrogen (secondary N) is 1. The standard InChI is InChI=1S/C18H29N3O3S/c22-10-12-25-15-17(23)19-6-4-11-24-18-13-16(5-7-20-18)14-21-8-2-1-3-9-21/h5,7,13,22H,1-4,6,8-12,14-15H2,(H,19,23). The Bertz CT molecular complexity index is 510. The second-order valence-electron chi connectivity index (χ2n) is 6.17. The Morgan fingerprint density at radius 1 is 1.36 bits per heavy atom. The Balaban J connectivity index is 1.60. The van der Waals surface area contributed by atoms with Crippen LogP contribution in [0.1, 0.15) is 31.2 Å². The minimum Gasteiger partial charge on any atom is -0.478 e. The molecule has 0 atom stereocenters. The van der Waals surface area contributed by atoms with E-state index in [1.165, 1.54) is 49.7 Å². The van der Waals surface area contributed by atoms with Gasteiger partial charge in [-0.1, -0.05) is 6.42 Å². The minimum absolute atomic E-state index is 0.0000962. The highest BCUT2D eigenvalue weighted by molar-refractivity contribution is 7.99. The average molecular weight is 368 g/mol. The second-order valence-corrected chi connectivity index (χ2v) is 7.27. The van der Waals surface area contributed by atoms with Gasteiger partial charge in [0.1, 0.15) is 0 Å². The molecule has 7 heteroatoms. The van der Waals surface area contributed by atoms with E-state index in [1.807, 2.05) is 12.1 Å². The van der Waals surface area contributed by atoms with E-state index < -0.39 is 0 Å². The highest BCUT2D eigenvalue weighted by Crippen LogP contribution is 2.15. The van der Waals surface area contributed by atoms with E-state index >= 15 is 0 Å². The molecule has 1 amide bonds. The van der Waals surface area contributed by atoms with Crippen LogP contribution < -0.4 is 10.1 Å². The molecule has 0 bridgehead atoms. The molecule has 25 heavy (non-hydrogen) atoms. The average Bonchev–Trinajstić information content (AvgIpc) is 2.63. The van der Waals surface area contributed by atoms with Gasteiger partial charge in [-0.25, -0.2) is 4.98 Å². The molecule has 2 rings (SSSR count). The van der Waals surface area contributed by atoms with Crippen LogP contribution in [0.4, 0.5) is 0 Å². The molecule has 1 fully saturated rings. The van der Waals surface area contributed by atoms with Crippen molar-refractivity contribution < 1.29 is 14.6 Å². The van der Waals surface area contributed by atoms with Gasteiger partial charge in [0.2, 0.25) is 11.8 Å². The molecule has 2 heterocycles. The lowest BCUT2D eigenvalue weighted by atomic mass is 10.1. The maximum atomic E-state index is 11.5. The third-order valence-electron chi connectivity index (χ3n) is 4.02. The van der Waals surface area contributed by atoms with Crippen molar-refractivity contribution in [3.63, 3.8) is 0 Å². The van der Waals surface area contributed by atoms with E-state index in [0.29, 0.717) is 30.5 Å². The van der Waals surface area contributed by atoms with Gasteiger partial charge in [0.15, 0.2) is 0 Å². The number of aliphatic hydroxyl groups is 1. The summed E-state index contributed by atoms with van der Waals surface area (Å²) in [6.07, 6.45) is 6.47. The summed E-state index contributed by atoms with van der Waals surface area (Å²) >= 11 is 1.43. The number of rotatable bonds is 11. The molecular formula is C18H29N3O3S. The number of thioether (sulfide) groups is 1. The van der Waals surface area contributed by atoms with Gasteiger partial charge in [-0.05, 0) is 44.0 Å². The number of piperidine rings is 1.